The summed E-state index contributed by atoms with van der Waals surface area (Å²) in [5.74, 6) is 0.543. The zero-order valence-electron chi connectivity index (χ0n) is 15.5. The van der Waals surface area contributed by atoms with Crippen LogP contribution in [0, 0.1) is 13.8 Å². The van der Waals surface area contributed by atoms with Crippen molar-refractivity contribution in [2.24, 2.45) is 0 Å². The number of aryl methyl sites for hydroxylation is 2. The molecule has 0 aliphatic carbocycles. The lowest BCUT2D eigenvalue weighted by molar-refractivity contribution is -0.120. The van der Waals surface area contributed by atoms with Crippen molar-refractivity contribution in [1.29, 1.82) is 0 Å². The van der Waals surface area contributed by atoms with E-state index in [2.05, 4.69) is 19.9 Å². The molecule has 7 nitrogen and oxygen atoms in total. The second-order valence-electron chi connectivity index (χ2n) is 6.78. The highest BCUT2D eigenvalue weighted by Gasteiger charge is 2.25. The lowest BCUT2D eigenvalue weighted by Gasteiger charge is -2.18. The molecule has 1 saturated heterocycles. The molecule has 0 unspecified atom stereocenters. The number of sulfonamides is 1. The Bertz CT molecular complexity index is 916. The Morgan fingerprint density at radius 3 is 2.81 bits per heavy atom. The molecule has 27 heavy (non-hydrogen) atoms. The normalized spacial score (nSPS) is 17.1. The molecule has 1 amide bonds. The zero-order chi connectivity index (χ0) is 19.4. The van der Waals surface area contributed by atoms with E-state index < -0.39 is 10.0 Å². The van der Waals surface area contributed by atoms with Crippen LogP contribution in [0.25, 0.3) is 0 Å². The average molecular weight is 388 g/mol. The number of carbonyl (C=O) groups excluding carboxylic acids is 1. The van der Waals surface area contributed by atoms with Gasteiger partial charge >= 0.3 is 0 Å². The van der Waals surface area contributed by atoms with Crippen molar-refractivity contribution in [3.8, 4) is 0 Å². The predicted molar refractivity (Wildman–Crippen MR) is 104 cm³/mol. The van der Waals surface area contributed by atoms with E-state index in [1.165, 1.54) is 0 Å². The fraction of sp³-hybridized carbons (Fsp3) is 0.368. The van der Waals surface area contributed by atoms with E-state index in [9.17, 15) is 13.2 Å². The molecule has 2 heterocycles. The van der Waals surface area contributed by atoms with Crippen LogP contribution >= 0.6 is 0 Å². The summed E-state index contributed by atoms with van der Waals surface area (Å²) in [7, 11) is -3.73. The molecular weight excluding hydrogens is 364 g/mol. The summed E-state index contributed by atoms with van der Waals surface area (Å²) in [6.45, 7) is 4.75. The molecule has 1 aliphatic rings. The maximum atomic E-state index is 12.5. The molecule has 1 atom stereocenters. The van der Waals surface area contributed by atoms with Crippen LogP contribution in [0.3, 0.4) is 0 Å². The van der Waals surface area contributed by atoms with Gasteiger partial charge in [0, 0.05) is 25.3 Å². The Morgan fingerprint density at radius 2 is 2.07 bits per heavy atom. The molecule has 144 valence electrons. The number of amides is 1. The highest BCUT2D eigenvalue weighted by atomic mass is 32.2. The molecule has 8 heteroatoms. The molecule has 1 aromatic heterocycles. The van der Waals surface area contributed by atoms with Gasteiger partial charge in [0.25, 0.3) is 0 Å². The van der Waals surface area contributed by atoms with Gasteiger partial charge in [-0.3, -0.25) is 4.79 Å². The summed E-state index contributed by atoms with van der Waals surface area (Å²) in [5, 5.41) is 2.89. The average Bonchev–Trinajstić information content (AvgIpc) is 3.11. The van der Waals surface area contributed by atoms with Crippen molar-refractivity contribution in [3.63, 3.8) is 0 Å². The summed E-state index contributed by atoms with van der Waals surface area (Å²) < 4.78 is 27.3. The van der Waals surface area contributed by atoms with Gasteiger partial charge in [0.1, 0.15) is 5.82 Å². The van der Waals surface area contributed by atoms with Crippen molar-refractivity contribution in [2.75, 3.05) is 24.5 Å². The monoisotopic (exact) mass is 388 g/mol. The van der Waals surface area contributed by atoms with E-state index in [0.29, 0.717) is 12.1 Å². The molecule has 0 saturated carbocycles. The third kappa shape index (κ3) is 4.84. The van der Waals surface area contributed by atoms with Crippen molar-refractivity contribution in [3.05, 3.63) is 53.7 Å². The Hall–Kier alpha value is -2.45. The minimum Gasteiger partial charge on any atom is -0.354 e. The van der Waals surface area contributed by atoms with Crippen molar-refractivity contribution >= 4 is 21.7 Å². The standard InChI is InChI=1S/C19H24N4O3S/c1-14-6-7-15(2)17(11-14)27(25,26)21-12-19(24)22-16-8-10-23(13-16)18-5-3-4-9-20-18/h3-7,9,11,16,21H,8,10,12-13H2,1-2H3,(H,22,24)/t16-/m0/s1. The van der Waals surface area contributed by atoms with E-state index in [-0.39, 0.29) is 23.4 Å². The number of hydrogen-bond donors (Lipinski definition) is 2. The fourth-order valence-electron chi connectivity index (χ4n) is 3.14. The number of aromatic nitrogens is 1. The number of carbonyl (C=O) groups is 1. The molecule has 1 aliphatic heterocycles. The van der Waals surface area contributed by atoms with Crippen LogP contribution in [0.2, 0.25) is 0 Å². The summed E-state index contributed by atoms with van der Waals surface area (Å²) in [6.07, 6.45) is 2.54. The van der Waals surface area contributed by atoms with Gasteiger partial charge in [0.15, 0.2) is 0 Å². The van der Waals surface area contributed by atoms with Crippen LogP contribution in [-0.4, -0.2) is 45.0 Å². The van der Waals surface area contributed by atoms with Gasteiger partial charge in [0.05, 0.1) is 11.4 Å². The third-order valence-electron chi connectivity index (χ3n) is 4.58. The number of pyridine rings is 1. The number of rotatable bonds is 6. The minimum atomic E-state index is -3.73. The van der Waals surface area contributed by atoms with Crippen LogP contribution in [-0.2, 0) is 14.8 Å². The van der Waals surface area contributed by atoms with Gasteiger partial charge in [-0.25, -0.2) is 18.1 Å². The topological polar surface area (TPSA) is 91.4 Å². The van der Waals surface area contributed by atoms with Gasteiger partial charge in [-0.2, -0.15) is 0 Å². The summed E-state index contributed by atoms with van der Waals surface area (Å²) in [4.78, 5) is 18.8. The quantitative estimate of drug-likeness (QED) is 0.780. The number of hydrogen-bond acceptors (Lipinski definition) is 5. The van der Waals surface area contributed by atoms with E-state index in [1.54, 1.807) is 25.3 Å². The number of nitrogens with zero attached hydrogens (tertiary/aromatic N) is 2. The van der Waals surface area contributed by atoms with Crippen LogP contribution in [0.4, 0.5) is 5.82 Å². The van der Waals surface area contributed by atoms with Crippen LogP contribution in [0.5, 0.6) is 0 Å². The second-order valence-corrected chi connectivity index (χ2v) is 8.52. The first kappa shape index (κ1) is 19.3. The van der Waals surface area contributed by atoms with E-state index in [4.69, 9.17) is 0 Å². The first-order valence-corrected chi connectivity index (χ1v) is 10.4. The molecule has 1 aromatic carbocycles. The first-order chi connectivity index (χ1) is 12.8. The lowest BCUT2D eigenvalue weighted by atomic mass is 10.2. The molecule has 0 bridgehead atoms. The van der Waals surface area contributed by atoms with Gasteiger partial charge < -0.3 is 10.2 Å². The summed E-state index contributed by atoms with van der Waals surface area (Å²) in [6, 6.07) is 10.9. The molecule has 0 spiro atoms. The first-order valence-electron chi connectivity index (χ1n) is 8.87. The number of anilines is 1. The van der Waals surface area contributed by atoms with Crippen LogP contribution in [0.15, 0.2) is 47.5 Å². The summed E-state index contributed by atoms with van der Waals surface area (Å²) in [5.41, 5.74) is 1.50. The van der Waals surface area contributed by atoms with Crippen molar-refractivity contribution < 1.29 is 13.2 Å². The maximum absolute atomic E-state index is 12.5. The number of benzene rings is 1. The van der Waals surface area contributed by atoms with Gasteiger partial charge in [-0.05, 0) is 49.6 Å². The van der Waals surface area contributed by atoms with Gasteiger partial charge in [0.2, 0.25) is 15.9 Å². The highest BCUT2D eigenvalue weighted by molar-refractivity contribution is 7.89. The Kier molecular flexibility index (Phi) is 5.76. The third-order valence-corrected chi connectivity index (χ3v) is 6.13. The van der Waals surface area contributed by atoms with Crippen LogP contribution < -0.4 is 14.9 Å². The molecule has 3 rings (SSSR count). The summed E-state index contributed by atoms with van der Waals surface area (Å²) >= 11 is 0. The van der Waals surface area contributed by atoms with Crippen molar-refractivity contribution in [1.82, 2.24) is 15.0 Å². The molecule has 0 radical (unpaired) electrons. The van der Waals surface area contributed by atoms with E-state index in [1.807, 2.05) is 31.2 Å². The fourth-order valence-corrected chi connectivity index (χ4v) is 4.45. The van der Waals surface area contributed by atoms with Gasteiger partial charge in [-0.15, -0.1) is 0 Å². The second kappa shape index (κ2) is 8.06. The van der Waals surface area contributed by atoms with Crippen molar-refractivity contribution in [2.45, 2.75) is 31.2 Å². The zero-order valence-corrected chi connectivity index (χ0v) is 16.3. The van der Waals surface area contributed by atoms with Gasteiger partial charge in [-0.1, -0.05) is 18.2 Å². The Balaban J connectivity index is 1.53. The minimum absolute atomic E-state index is 0.0234. The smallest absolute Gasteiger partial charge is 0.241 e. The largest absolute Gasteiger partial charge is 0.354 e. The van der Waals surface area contributed by atoms with Crippen LogP contribution in [0.1, 0.15) is 17.5 Å². The predicted octanol–water partition coefficient (Wildman–Crippen LogP) is 1.37. The SMILES string of the molecule is Cc1ccc(C)c(S(=O)(=O)NCC(=O)N[C@H]2CCN(c3ccccn3)C2)c1. The maximum Gasteiger partial charge on any atom is 0.241 e. The van der Waals surface area contributed by atoms with E-state index >= 15 is 0 Å². The lowest BCUT2D eigenvalue weighted by Crippen LogP contribution is -2.43. The molecule has 2 aromatic rings. The Labute approximate surface area is 159 Å². The molecule has 1 fully saturated rings. The molecular formula is C19H24N4O3S. The Morgan fingerprint density at radius 1 is 1.26 bits per heavy atom. The molecule has 2 N–H and O–H groups in total. The highest BCUT2D eigenvalue weighted by Crippen LogP contribution is 2.18. The number of nitrogens with one attached hydrogen (secondary N) is 2. The van der Waals surface area contributed by atoms with E-state index in [0.717, 1.165) is 24.3 Å².